The molecule has 0 saturated heterocycles. The van der Waals surface area contributed by atoms with Crippen LogP contribution in [0.15, 0.2) is 24.3 Å². The number of benzene rings is 1. The summed E-state index contributed by atoms with van der Waals surface area (Å²) in [4.78, 5) is 27.7. The molecular formula is C20H21N3O2. The fourth-order valence-corrected chi connectivity index (χ4v) is 3.91. The zero-order valence-corrected chi connectivity index (χ0v) is 14.2. The van der Waals surface area contributed by atoms with Crippen molar-refractivity contribution in [1.29, 1.82) is 0 Å². The van der Waals surface area contributed by atoms with Crippen LogP contribution in [0.3, 0.4) is 0 Å². The molecule has 1 aliphatic carbocycles. The van der Waals surface area contributed by atoms with Crippen molar-refractivity contribution in [3.05, 3.63) is 52.3 Å². The van der Waals surface area contributed by atoms with Crippen molar-refractivity contribution in [2.45, 2.75) is 38.5 Å². The second-order valence-corrected chi connectivity index (χ2v) is 6.80. The SMILES string of the molecule is CC(C(N)=O)c1c(C=C2C(=O)Nc3ccccc32)[nH]c2c1CCCC2. The van der Waals surface area contributed by atoms with E-state index in [1.807, 2.05) is 37.3 Å². The van der Waals surface area contributed by atoms with Crippen LogP contribution < -0.4 is 11.1 Å². The molecular weight excluding hydrogens is 314 g/mol. The zero-order valence-electron chi connectivity index (χ0n) is 14.2. The van der Waals surface area contributed by atoms with E-state index in [2.05, 4.69) is 10.3 Å². The van der Waals surface area contributed by atoms with E-state index in [0.717, 1.165) is 48.2 Å². The van der Waals surface area contributed by atoms with Crippen molar-refractivity contribution in [3.63, 3.8) is 0 Å². The molecule has 25 heavy (non-hydrogen) atoms. The first-order valence-corrected chi connectivity index (χ1v) is 8.71. The van der Waals surface area contributed by atoms with Crippen LogP contribution in [0.5, 0.6) is 0 Å². The number of para-hydroxylation sites is 1. The van der Waals surface area contributed by atoms with Crippen molar-refractivity contribution >= 4 is 29.2 Å². The number of primary amides is 1. The number of aromatic nitrogens is 1. The summed E-state index contributed by atoms with van der Waals surface area (Å²) in [7, 11) is 0. The lowest BCUT2D eigenvalue weighted by atomic mass is 9.88. The number of aromatic amines is 1. The predicted molar refractivity (Wildman–Crippen MR) is 98.0 cm³/mol. The Balaban J connectivity index is 1.87. The normalized spacial score (nSPS) is 18.6. The summed E-state index contributed by atoms with van der Waals surface area (Å²) in [6.07, 6.45) is 6.04. The summed E-state index contributed by atoms with van der Waals surface area (Å²) in [5.41, 5.74) is 12.1. The fourth-order valence-electron chi connectivity index (χ4n) is 3.91. The van der Waals surface area contributed by atoms with Gasteiger partial charge in [-0.25, -0.2) is 0 Å². The lowest BCUT2D eigenvalue weighted by Gasteiger charge is -2.15. The average Bonchev–Trinajstić information content (AvgIpc) is 3.12. The van der Waals surface area contributed by atoms with E-state index in [0.29, 0.717) is 5.57 Å². The Bertz CT molecular complexity index is 908. The molecule has 0 saturated carbocycles. The molecule has 4 N–H and O–H groups in total. The molecule has 2 aliphatic rings. The molecule has 128 valence electrons. The number of fused-ring (bicyclic) bond motifs is 2. The van der Waals surface area contributed by atoms with E-state index in [-0.39, 0.29) is 17.7 Å². The number of hydrogen-bond acceptors (Lipinski definition) is 2. The highest BCUT2D eigenvalue weighted by Gasteiger charge is 2.28. The number of rotatable bonds is 3. The van der Waals surface area contributed by atoms with Crippen molar-refractivity contribution < 1.29 is 9.59 Å². The lowest BCUT2D eigenvalue weighted by Crippen LogP contribution is -2.20. The first-order valence-electron chi connectivity index (χ1n) is 8.71. The Morgan fingerprint density at radius 2 is 2.00 bits per heavy atom. The summed E-state index contributed by atoms with van der Waals surface area (Å²) in [6, 6.07) is 7.63. The number of aryl methyl sites for hydroxylation is 1. The largest absolute Gasteiger partial charge is 0.369 e. The number of amides is 2. The molecule has 1 aromatic heterocycles. The monoisotopic (exact) mass is 335 g/mol. The van der Waals surface area contributed by atoms with Gasteiger partial charge in [-0.2, -0.15) is 0 Å². The minimum atomic E-state index is -0.385. The second-order valence-electron chi connectivity index (χ2n) is 6.80. The highest BCUT2D eigenvalue weighted by Crippen LogP contribution is 2.37. The van der Waals surface area contributed by atoms with Gasteiger partial charge in [-0.3, -0.25) is 9.59 Å². The predicted octanol–water partition coefficient (Wildman–Crippen LogP) is 2.98. The molecule has 5 nitrogen and oxygen atoms in total. The van der Waals surface area contributed by atoms with Crippen LogP contribution in [0.25, 0.3) is 11.6 Å². The Hall–Kier alpha value is -2.82. The van der Waals surface area contributed by atoms with E-state index >= 15 is 0 Å². The third-order valence-corrected chi connectivity index (χ3v) is 5.23. The van der Waals surface area contributed by atoms with Crippen LogP contribution in [0.4, 0.5) is 5.69 Å². The van der Waals surface area contributed by atoms with Gasteiger partial charge in [0.1, 0.15) is 0 Å². The third-order valence-electron chi connectivity index (χ3n) is 5.23. The van der Waals surface area contributed by atoms with Crippen LogP contribution in [0, 0.1) is 0 Å². The van der Waals surface area contributed by atoms with E-state index in [1.54, 1.807) is 0 Å². The highest BCUT2D eigenvalue weighted by atomic mass is 16.2. The maximum Gasteiger partial charge on any atom is 0.256 e. The number of hydrogen-bond donors (Lipinski definition) is 3. The Morgan fingerprint density at radius 1 is 1.24 bits per heavy atom. The summed E-state index contributed by atoms with van der Waals surface area (Å²) in [6.45, 7) is 1.84. The summed E-state index contributed by atoms with van der Waals surface area (Å²) < 4.78 is 0. The molecule has 0 radical (unpaired) electrons. The Kier molecular flexibility index (Phi) is 3.71. The minimum absolute atomic E-state index is 0.119. The van der Waals surface area contributed by atoms with Gasteiger partial charge in [-0.15, -0.1) is 0 Å². The number of carbonyl (C=O) groups is 2. The maximum atomic E-state index is 12.4. The van der Waals surface area contributed by atoms with Crippen LogP contribution in [-0.2, 0) is 22.4 Å². The van der Waals surface area contributed by atoms with Crippen LogP contribution in [-0.4, -0.2) is 16.8 Å². The third kappa shape index (κ3) is 2.56. The molecule has 2 heterocycles. The molecule has 1 atom stereocenters. The van der Waals surface area contributed by atoms with E-state index < -0.39 is 0 Å². The van der Waals surface area contributed by atoms with Crippen LogP contribution in [0.2, 0.25) is 0 Å². The molecule has 1 aliphatic heterocycles. The van der Waals surface area contributed by atoms with Crippen molar-refractivity contribution in [1.82, 2.24) is 4.98 Å². The van der Waals surface area contributed by atoms with E-state index in [4.69, 9.17) is 5.73 Å². The smallest absolute Gasteiger partial charge is 0.256 e. The van der Waals surface area contributed by atoms with Gasteiger partial charge < -0.3 is 16.0 Å². The van der Waals surface area contributed by atoms with Crippen LogP contribution in [0.1, 0.15) is 53.8 Å². The highest BCUT2D eigenvalue weighted by molar-refractivity contribution is 6.34. The molecule has 0 spiro atoms. The molecule has 2 aromatic rings. The van der Waals surface area contributed by atoms with Crippen molar-refractivity contribution in [2.24, 2.45) is 5.73 Å². The first kappa shape index (κ1) is 15.7. The molecule has 4 rings (SSSR count). The summed E-state index contributed by atoms with van der Waals surface area (Å²) >= 11 is 0. The van der Waals surface area contributed by atoms with Crippen molar-refractivity contribution in [2.75, 3.05) is 5.32 Å². The van der Waals surface area contributed by atoms with Gasteiger partial charge in [0.15, 0.2) is 0 Å². The molecule has 1 aromatic carbocycles. The average molecular weight is 335 g/mol. The Labute approximate surface area is 146 Å². The number of nitrogens with one attached hydrogen (secondary N) is 2. The van der Waals surface area contributed by atoms with E-state index in [9.17, 15) is 9.59 Å². The molecule has 1 unspecified atom stereocenters. The molecule has 0 bridgehead atoms. The quantitative estimate of drug-likeness (QED) is 0.753. The van der Waals surface area contributed by atoms with Gasteiger partial charge in [0.2, 0.25) is 5.91 Å². The van der Waals surface area contributed by atoms with Gasteiger partial charge >= 0.3 is 0 Å². The lowest BCUT2D eigenvalue weighted by molar-refractivity contribution is -0.119. The van der Waals surface area contributed by atoms with Gasteiger partial charge in [0, 0.05) is 22.6 Å². The maximum absolute atomic E-state index is 12.4. The topological polar surface area (TPSA) is 88.0 Å². The zero-order chi connectivity index (χ0) is 17.6. The first-order chi connectivity index (χ1) is 12.1. The van der Waals surface area contributed by atoms with E-state index in [1.165, 1.54) is 11.3 Å². The molecule has 0 fully saturated rings. The second kappa shape index (κ2) is 5.92. The Morgan fingerprint density at radius 3 is 2.80 bits per heavy atom. The number of nitrogens with two attached hydrogens (primary N) is 1. The van der Waals surface area contributed by atoms with Gasteiger partial charge in [0.25, 0.3) is 5.91 Å². The number of anilines is 1. The molecule has 5 heteroatoms. The minimum Gasteiger partial charge on any atom is -0.369 e. The van der Waals surface area contributed by atoms with Crippen LogP contribution >= 0.6 is 0 Å². The number of carbonyl (C=O) groups excluding carboxylic acids is 2. The number of H-pyrrole nitrogens is 1. The summed E-state index contributed by atoms with van der Waals surface area (Å²) in [5.74, 6) is -0.848. The van der Waals surface area contributed by atoms with Gasteiger partial charge in [0.05, 0.1) is 11.5 Å². The van der Waals surface area contributed by atoms with Gasteiger partial charge in [-0.1, -0.05) is 18.2 Å². The molecule has 2 amide bonds. The van der Waals surface area contributed by atoms with Crippen molar-refractivity contribution in [3.8, 4) is 0 Å². The van der Waals surface area contributed by atoms with Gasteiger partial charge in [-0.05, 0) is 55.9 Å². The fraction of sp³-hybridized carbons (Fsp3) is 0.300. The summed E-state index contributed by atoms with van der Waals surface area (Å²) in [5, 5.41) is 2.89. The standard InChI is InChI=1S/C20H21N3O2/c1-11(19(21)24)18-13-7-3-5-9-16(13)22-17(18)10-14-12-6-2-4-8-15(12)23-20(14)25/h2,4,6,8,10-11,22H,3,5,7,9H2,1H3,(H2,21,24)(H,23,25).